The molecule has 0 aliphatic rings. The van der Waals surface area contributed by atoms with E-state index in [9.17, 15) is 10.2 Å². The van der Waals surface area contributed by atoms with Crippen molar-refractivity contribution in [2.24, 2.45) is 0 Å². The Labute approximate surface area is 173 Å². The van der Waals surface area contributed by atoms with Crippen molar-refractivity contribution in [1.29, 1.82) is 0 Å². The average Bonchev–Trinajstić information content (AvgIpc) is 2.76. The number of nitrogens with two attached hydrogens (primary N) is 2. The zero-order valence-electron chi connectivity index (χ0n) is 16.1. The Morgan fingerprint density at radius 1 is 0.433 bits per heavy atom. The maximum Gasteiger partial charge on any atom is 0.146 e. The number of fused-ring (bicyclic) bond motifs is 2. The van der Waals surface area contributed by atoms with E-state index in [4.69, 9.17) is 11.5 Å². The third kappa shape index (κ3) is 2.54. The highest BCUT2D eigenvalue weighted by molar-refractivity contribution is 6.22. The van der Waals surface area contributed by atoms with Gasteiger partial charge in [0.2, 0.25) is 0 Å². The number of nitrogen functional groups attached to an aromatic ring is 2. The molecule has 4 nitrogen and oxygen atoms in total. The summed E-state index contributed by atoms with van der Waals surface area (Å²) in [6, 6.07) is 26.7. The van der Waals surface area contributed by atoms with Crippen LogP contribution in [0.4, 0.5) is 11.4 Å². The van der Waals surface area contributed by atoms with Crippen LogP contribution in [0.15, 0.2) is 84.9 Å². The smallest absolute Gasteiger partial charge is 0.146 e. The van der Waals surface area contributed by atoms with E-state index in [0.717, 1.165) is 32.7 Å². The monoisotopic (exact) mass is 392 g/mol. The third-order valence-corrected chi connectivity index (χ3v) is 5.60. The number of benzene rings is 5. The first-order valence-corrected chi connectivity index (χ1v) is 9.67. The summed E-state index contributed by atoms with van der Waals surface area (Å²) in [5.74, 6) is 0.125. The molecular weight excluding hydrogens is 372 g/mol. The Balaban J connectivity index is 2.03. The lowest BCUT2D eigenvalue weighted by Crippen LogP contribution is -1.94. The molecule has 4 heteroatoms. The van der Waals surface area contributed by atoms with E-state index in [1.807, 2.05) is 72.8 Å². The summed E-state index contributed by atoms with van der Waals surface area (Å²) < 4.78 is 0. The molecule has 30 heavy (non-hydrogen) atoms. The zero-order valence-corrected chi connectivity index (χ0v) is 16.1. The number of phenols is 2. The van der Waals surface area contributed by atoms with Gasteiger partial charge in [-0.2, -0.15) is 0 Å². The van der Waals surface area contributed by atoms with E-state index in [0.29, 0.717) is 22.5 Å². The highest BCUT2D eigenvalue weighted by Crippen LogP contribution is 2.48. The second kappa shape index (κ2) is 6.71. The number of hydrogen-bond acceptors (Lipinski definition) is 4. The Morgan fingerprint density at radius 3 is 1.10 bits per heavy atom. The number of phenolic OH excluding ortho intramolecular Hbond substituents is 2. The SMILES string of the molecule is Nc1cccc(-c2c3ccccc3c(-c3cccc(N)c3O)c3ccccc23)c1O. The van der Waals surface area contributed by atoms with Crippen LogP contribution < -0.4 is 11.5 Å². The molecule has 0 heterocycles. The van der Waals surface area contributed by atoms with Gasteiger partial charge in [0.1, 0.15) is 11.5 Å². The van der Waals surface area contributed by atoms with Crippen molar-refractivity contribution < 1.29 is 10.2 Å². The van der Waals surface area contributed by atoms with Gasteiger partial charge in [-0.1, -0.05) is 72.8 Å². The standard InChI is InChI=1S/C26H20N2O2/c27-21-13-5-11-19(25(21)29)23-15-7-1-2-8-16(15)24(18-10-4-3-9-17(18)23)20-12-6-14-22(28)26(20)30/h1-14,29-30H,27-28H2. The number of para-hydroxylation sites is 2. The van der Waals surface area contributed by atoms with Gasteiger partial charge in [-0.25, -0.2) is 0 Å². The highest BCUT2D eigenvalue weighted by Gasteiger charge is 2.20. The molecule has 6 N–H and O–H groups in total. The molecule has 0 saturated heterocycles. The lowest BCUT2D eigenvalue weighted by Gasteiger charge is -2.19. The minimum Gasteiger partial charge on any atom is -0.505 e. The molecule has 0 unspecified atom stereocenters. The molecule has 0 atom stereocenters. The minimum atomic E-state index is 0.0624. The normalized spacial score (nSPS) is 11.2. The lowest BCUT2D eigenvalue weighted by atomic mass is 9.85. The second-order valence-corrected chi connectivity index (χ2v) is 7.33. The van der Waals surface area contributed by atoms with E-state index in [-0.39, 0.29) is 11.5 Å². The van der Waals surface area contributed by atoms with E-state index in [1.165, 1.54) is 0 Å². The fourth-order valence-electron chi connectivity index (χ4n) is 4.23. The molecule has 0 bridgehead atoms. The Morgan fingerprint density at radius 2 is 0.767 bits per heavy atom. The molecule has 0 aromatic heterocycles. The van der Waals surface area contributed by atoms with Crippen LogP contribution in [-0.2, 0) is 0 Å². The van der Waals surface area contributed by atoms with Crippen LogP contribution in [0.25, 0.3) is 43.8 Å². The molecular formula is C26H20N2O2. The average molecular weight is 392 g/mol. The minimum absolute atomic E-state index is 0.0624. The van der Waals surface area contributed by atoms with E-state index < -0.39 is 0 Å². The topological polar surface area (TPSA) is 92.5 Å². The van der Waals surface area contributed by atoms with Gasteiger partial charge < -0.3 is 21.7 Å². The van der Waals surface area contributed by atoms with Crippen LogP contribution in [-0.4, -0.2) is 10.2 Å². The maximum atomic E-state index is 10.8. The summed E-state index contributed by atoms with van der Waals surface area (Å²) in [6.45, 7) is 0. The van der Waals surface area contributed by atoms with Crippen molar-refractivity contribution in [3.05, 3.63) is 84.9 Å². The van der Waals surface area contributed by atoms with E-state index >= 15 is 0 Å². The first-order chi connectivity index (χ1) is 14.6. The van der Waals surface area contributed by atoms with Gasteiger partial charge in [0, 0.05) is 22.3 Å². The van der Waals surface area contributed by atoms with Crippen molar-refractivity contribution in [2.75, 3.05) is 11.5 Å². The largest absolute Gasteiger partial charge is 0.505 e. The summed E-state index contributed by atoms with van der Waals surface area (Å²) >= 11 is 0. The molecule has 0 fully saturated rings. The van der Waals surface area contributed by atoms with Crippen LogP contribution in [0.5, 0.6) is 11.5 Å². The quantitative estimate of drug-likeness (QED) is 0.171. The van der Waals surface area contributed by atoms with Crippen molar-refractivity contribution >= 4 is 32.9 Å². The molecule has 0 amide bonds. The fourth-order valence-corrected chi connectivity index (χ4v) is 4.23. The van der Waals surface area contributed by atoms with Crippen LogP contribution >= 0.6 is 0 Å². The Hall–Kier alpha value is -4.18. The summed E-state index contributed by atoms with van der Waals surface area (Å²) in [6.07, 6.45) is 0. The van der Waals surface area contributed by atoms with E-state index in [1.54, 1.807) is 12.1 Å². The fraction of sp³-hybridized carbons (Fsp3) is 0. The van der Waals surface area contributed by atoms with Crippen molar-refractivity contribution in [3.63, 3.8) is 0 Å². The van der Waals surface area contributed by atoms with Crippen LogP contribution in [0.1, 0.15) is 0 Å². The third-order valence-electron chi connectivity index (χ3n) is 5.60. The summed E-state index contributed by atoms with van der Waals surface area (Å²) in [4.78, 5) is 0. The molecule has 0 saturated carbocycles. The van der Waals surface area contributed by atoms with Gasteiger partial charge in [-0.05, 0) is 33.7 Å². The van der Waals surface area contributed by atoms with Crippen molar-refractivity contribution in [2.45, 2.75) is 0 Å². The van der Waals surface area contributed by atoms with Crippen molar-refractivity contribution in [3.8, 4) is 33.8 Å². The molecule has 5 aromatic carbocycles. The van der Waals surface area contributed by atoms with E-state index in [2.05, 4.69) is 0 Å². The number of hydrogen-bond donors (Lipinski definition) is 4. The Kier molecular flexibility index (Phi) is 4.00. The van der Waals surface area contributed by atoms with Gasteiger partial charge >= 0.3 is 0 Å². The summed E-state index contributed by atoms with van der Waals surface area (Å²) in [5, 5.41) is 25.3. The Bertz CT molecular complexity index is 1270. The summed E-state index contributed by atoms with van der Waals surface area (Å²) in [7, 11) is 0. The highest BCUT2D eigenvalue weighted by atomic mass is 16.3. The van der Waals surface area contributed by atoms with Gasteiger partial charge in [0.25, 0.3) is 0 Å². The number of aromatic hydroxyl groups is 2. The van der Waals surface area contributed by atoms with Crippen LogP contribution in [0.3, 0.4) is 0 Å². The van der Waals surface area contributed by atoms with Gasteiger partial charge in [-0.3, -0.25) is 0 Å². The number of rotatable bonds is 2. The lowest BCUT2D eigenvalue weighted by molar-refractivity contribution is 0.479. The first kappa shape index (κ1) is 17.9. The van der Waals surface area contributed by atoms with Gasteiger partial charge in [0.15, 0.2) is 0 Å². The summed E-state index contributed by atoms with van der Waals surface area (Å²) in [5.41, 5.74) is 15.8. The molecule has 5 rings (SSSR count). The van der Waals surface area contributed by atoms with Gasteiger partial charge in [-0.15, -0.1) is 0 Å². The molecule has 0 aliphatic heterocycles. The molecule has 0 spiro atoms. The molecule has 0 radical (unpaired) electrons. The molecule has 146 valence electrons. The van der Waals surface area contributed by atoms with Gasteiger partial charge in [0.05, 0.1) is 11.4 Å². The first-order valence-electron chi connectivity index (χ1n) is 9.67. The van der Waals surface area contributed by atoms with Crippen LogP contribution in [0, 0.1) is 0 Å². The predicted octanol–water partition coefficient (Wildman–Crippen LogP) is 5.90. The zero-order chi connectivity index (χ0) is 20.8. The van der Waals surface area contributed by atoms with Crippen LogP contribution in [0.2, 0.25) is 0 Å². The van der Waals surface area contributed by atoms with Crippen molar-refractivity contribution in [1.82, 2.24) is 0 Å². The predicted molar refractivity (Wildman–Crippen MR) is 124 cm³/mol. The second-order valence-electron chi connectivity index (χ2n) is 7.33. The number of anilines is 2. The maximum absolute atomic E-state index is 10.8. The molecule has 0 aliphatic carbocycles. The molecule has 5 aromatic rings.